The fourth-order valence-corrected chi connectivity index (χ4v) is 3.53. The Balaban J connectivity index is 1.83. The zero-order chi connectivity index (χ0) is 13.9. The molecule has 1 aromatic heterocycles. The molecule has 1 amide bonds. The Morgan fingerprint density at radius 1 is 1.30 bits per heavy atom. The number of nitrogens with zero attached hydrogens (tertiary/aromatic N) is 2. The van der Waals surface area contributed by atoms with Gasteiger partial charge in [-0.2, -0.15) is 0 Å². The number of thioether (sulfide) groups is 1. The maximum absolute atomic E-state index is 12.1. The third kappa shape index (κ3) is 2.81. The van der Waals surface area contributed by atoms with Crippen LogP contribution in [0.3, 0.4) is 0 Å². The number of hydrogen-bond donors (Lipinski definition) is 0. The summed E-state index contributed by atoms with van der Waals surface area (Å²) in [5.41, 5.74) is 2.15. The Hall–Kier alpha value is -1.52. The Bertz CT molecular complexity index is 603. The summed E-state index contributed by atoms with van der Waals surface area (Å²) in [5.74, 6) is 0.687. The van der Waals surface area contributed by atoms with E-state index in [0.717, 1.165) is 11.1 Å². The van der Waals surface area contributed by atoms with Gasteiger partial charge in [-0.1, -0.05) is 29.8 Å². The van der Waals surface area contributed by atoms with Gasteiger partial charge in [-0.3, -0.25) is 9.78 Å². The van der Waals surface area contributed by atoms with Crippen LogP contribution in [0.4, 0.5) is 0 Å². The van der Waals surface area contributed by atoms with Crippen LogP contribution in [0.15, 0.2) is 48.8 Å². The van der Waals surface area contributed by atoms with Crippen molar-refractivity contribution in [2.75, 3.05) is 5.75 Å². The largest absolute Gasteiger partial charge is 0.321 e. The smallest absolute Gasteiger partial charge is 0.234 e. The Morgan fingerprint density at radius 2 is 2.10 bits per heavy atom. The summed E-state index contributed by atoms with van der Waals surface area (Å²) in [4.78, 5) is 18.1. The van der Waals surface area contributed by atoms with Gasteiger partial charge in [0.1, 0.15) is 5.37 Å². The van der Waals surface area contributed by atoms with Crippen LogP contribution in [0.5, 0.6) is 0 Å². The fraction of sp³-hybridized carbons (Fsp3) is 0.200. The normalized spacial score (nSPS) is 18.6. The molecular weight excluding hydrogens is 292 g/mol. The SMILES string of the molecule is O=C1CSC(c2ccc(Cl)cc2)N1Cc1cccnc1. The molecule has 1 aliphatic heterocycles. The summed E-state index contributed by atoms with van der Waals surface area (Å²) < 4.78 is 0. The number of benzene rings is 1. The van der Waals surface area contributed by atoms with Crippen molar-refractivity contribution in [3.8, 4) is 0 Å². The summed E-state index contributed by atoms with van der Waals surface area (Å²) in [6.45, 7) is 0.590. The summed E-state index contributed by atoms with van der Waals surface area (Å²) in [7, 11) is 0. The fourth-order valence-electron chi connectivity index (χ4n) is 2.22. The summed E-state index contributed by atoms with van der Waals surface area (Å²) >= 11 is 7.57. The number of hydrogen-bond acceptors (Lipinski definition) is 3. The van der Waals surface area contributed by atoms with Crippen molar-refractivity contribution in [2.24, 2.45) is 0 Å². The maximum atomic E-state index is 12.1. The first-order chi connectivity index (χ1) is 9.74. The van der Waals surface area contributed by atoms with Gasteiger partial charge in [0.15, 0.2) is 0 Å². The van der Waals surface area contributed by atoms with E-state index >= 15 is 0 Å². The topological polar surface area (TPSA) is 33.2 Å². The number of halogens is 1. The molecule has 1 unspecified atom stereocenters. The average Bonchev–Trinajstić information content (AvgIpc) is 2.83. The van der Waals surface area contributed by atoms with Crippen molar-refractivity contribution in [3.05, 3.63) is 64.9 Å². The highest BCUT2D eigenvalue weighted by molar-refractivity contribution is 8.00. The van der Waals surface area contributed by atoms with Crippen LogP contribution in [0.1, 0.15) is 16.5 Å². The second-order valence-corrected chi connectivity index (χ2v) is 6.10. The van der Waals surface area contributed by atoms with Gasteiger partial charge in [-0.05, 0) is 29.3 Å². The van der Waals surface area contributed by atoms with E-state index in [4.69, 9.17) is 11.6 Å². The summed E-state index contributed by atoms with van der Waals surface area (Å²) in [6, 6.07) is 11.6. The first kappa shape index (κ1) is 13.5. The van der Waals surface area contributed by atoms with Gasteiger partial charge in [0, 0.05) is 24.0 Å². The number of carbonyl (C=O) groups is 1. The van der Waals surface area contributed by atoms with E-state index in [1.54, 1.807) is 24.2 Å². The van der Waals surface area contributed by atoms with E-state index in [0.29, 0.717) is 17.3 Å². The molecule has 0 aliphatic carbocycles. The van der Waals surface area contributed by atoms with Gasteiger partial charge in [-0.25, -0.2) is 0 Å². The minimum absolute atomic E-state index is 0.0555. The number of amides is 1. The lowest BCUT2D eigenvalue weighted by molar-refractivity contribution is -0.128. The van der Waals surface area contributed by atoms with E-state index < -0.39 is 0 Å². The van der Waals surface area contributed by atoms with Crippen molar-refractivity contribution >= 4 is 29.3 Å². The van der Waals surface area contributed by atoms with Crippen LogP contribution in [0.25, 0.3) is 0 Å². The average molecular weight is 305 g/mol. The molecule has 2 heterocycles. The lowest BCUT2D eigenvalue weighted by Gasteiger charge is -2.24. The Morgan fingerprint density at radius 3 is 2.80 bits per heavy atom. The molecule has 0 radical (unpaired) electrons. The minimum atomic E-state index is 0.0555. The van der Waals surface area contributed by atoms with Crippen molar-refractivity contribution in [1.82, 2.24) is 9.88 Å². The Kier molecular flexibility index (Phi) is 3.94. The molecule has 1 atom stereocenters. The third-order valence-corrected chi connectivity index (χ3v) is 4.71. The van der Waals surface area contributed by atoms with Crippen molar-refractivity contribution < 1.29 is 4.79 Å². The van der Waals surface area contributed by atoms with E-state index in [9.17, 15) is 4.79 Å². The van der Waals surface area contributed by atoms with Crippen molar-refractivity contribution in [1.29, 1.82) is 0 Å². The zero-order valence-corrected chi connectivity index (χ0v) is 12.3. The van der Waals surface area contributed by atoms with Crippen LogP contribution in [0.2, 0.25) is 5.02 Å². The van der Waals surface area contributed by atoms with Crippen LogP contribution in [-0.4, -0.2) is 21.5 Å². The predicted octanol–water partition coefficient (Wildman–Crippen LogP) is 3.51. The molecule has 3 nitrogen and oxygen atoms in total. The molecule has 3 rings (SSSR count). The molecule has 0 bridgehead atoms. The molecule has 1 saturated heterocycles. The number of rotatable bonds is 3. The quantitative estimate of drug-likeness (QED) is 0.870. The molecule has 0 N–H and O–H groups in total. The van der Waals surface area contributed by atoms with Crippen molar-refractivity contribution in [2.45, 2.75) is 11.9 Å². The monoisotopic (exact) mass is 304 g/mol. The maximum Gasteiger partial charge on any atom is 0.234 e. The van der Waals surface area contributed by atoms with Crippen LogP contribution in [0, 0.1) is 0 Å². The van der Waals surface area contributed by atoms with E-state index in [2.05, 4.69) is 4.98 Å². The molecule has 0 saturated carbocycles. The highest BCUT2D eigenvalue weighted by atomic mass is 35.5. The molecular formula is C15H13ClN2OS. The minimum Gasteiger partial charge on any atom is -0.321 e. The first-order valence-electron chi connectivity index (χ1n) is 6.29. The second kappa shape index (κ2) is 5.85. The molecule has 20 heavy (non-hydrogen) atoms. The van der Waals surface area contributed by atoms with Crippen molar-refractivity contribution in [3.63, 3.8) is 0 Å². The molecule has 1 aliphatic rings. The van der Waals surface area contributed by atoms with Crippen LogP contribution >= 0.6 is 23.4 Å². The molecule has 102 valence electrons. The zero-order valence-electron chi connectivity index (χ0n) is 10.7. The van der Waals surface area contributed by atoms with Gasteiger partial charge < -0.3 is 4.90 Å². The van der Waals surface area contributed by atoms with Gasteiger partial charge in [0.2, 0.25) is 5.91 Å². The molecule has 1 aromatic carbocycles. The molecule has 1 fully saturated rings. The highest BCUT2D eigenvalue weighted by Crippen LogP contribution is 2.39. The lowest BCUT2D eigenvalue weighted by Crippen LogP contribution is -2.27. The summed E-state index contributed by atoms with van der Waals surface area (Å²) in [6.07, 6.45) is 3.54. The summed E-state index contributed by atoms with van der Waals surface area (Å²) in [5, 5.41) is 0.766. The van der Waals surface area contributed by atoms with E-state index in [1.165, 1.54) is 0 Å². The van der Waals surface area contributed by atoms with Crippen LogP contribution < -0.4 is 0 Å². The van der Waals surface area contributed by atoms with Crippen LogP contribution in [-0.2, 0) is 11.3 Å². The number of carbonyl (C=O) groups excluding carboxylic acids is 1. The van der Waals surface area contributed by atoms with Gasteiger partial charge in [0.05, 0.1) is 5.75 Å². The van der Waals surface area contributed by atoms with Gasteiger partial charge >= 0.3 is 0 Å². The Labute approximate surface area is 127 Å². The van der Waals surface area contributed by atoms with E-state index in [-0.39, 0.29) is 11.3 Å². The number of pyridine rings is 1. The van der Waals surface area contributed by atoms with E-state index in [1.807, 2.05) is 41.3 Å². The molecule has 0 spiro atoms. The third-order valence-electron chi connectivity index (χ3n) is 3.20. The van der Waals surface area contributed by atoms with Gasteiger partial charge in [-0.15, -0.1) is 11.8 Å². The highest BCUT2D eigenvalue weighted by Gasteiger charge is 2.32. The molecule has 5 heteroatoms. The number of aromatic nitrogens is 1. The predicted molar refractivity (Wildman–Crippen MR) is 81.4 cm³/mol. The lowest BCUT2D eigenvalue weighted by atomic mass is 10.2. The first-order valence-corrected chi connectivity index (χ1v) is 7.72. The standard InChI is InChI=1S/C15H13ClN2OS/c16-13-5-3-12(4-6-13)15-18(14(19)10-20-15)9-11-2-1-7-17-8-11/h1-8,15H,9-10H2. The van der Waals surface area contributed by atoms with Gasteiger partial charge in [0.25, 0.3) is 0 Å². The second-order valence-electron chi connectivity index (χ2n) is 4.60. The molecule has 2 aromatic rings.